The van der Waals surface area contributed by atoms with Crippen LogP contribution in [0.15, 0.2) is 0 Å². The largest absolute Gasteiger partial charge is 0.338 e. The summed E-state index contributed by atoms with van der Waals surface area (Å²) >= 11 is 0. The van der Waals surface area contributed by atoms with Gasteiger partial charge in [0.1, 0.15) is 6.04 Å². The van der Waals surface area contributed by atoms with Gasteiger partial charge < -0.3 is 15.5 Å². The van der Waals surface area contributed by atoms with Crippen molar-refractivity contribution in [3.8, 4) is 0 Å². The molecule has 0 radical (unpaired) electrons. The summed E-state index contributed by atoms with van der Waals surface area (Å²) < 4.78 is 0. The van der Waals surface area contributed by atoms with Crippen LogP contribution in [-0.2, 0) is 4.79 Å². The maximum Gasteiger partial charge on any atom is 0.241 e. The number of nitrogens with zero attached hydrogens (tertiary/aromatic N) is 2. The number of hydrogen-bond acceptors (Lipinski definition) is 3. The fourth-order valence-electron chi connectivity index (χ4n) is 2.00. The Balaban J connectivity index is 1.65. The fourth-order valence-corrected chi connectivity index (χ4v) is 2.00. The van der Waals surface area contributed by atoms with Crippen LogP contribution in [0.2, 0.25) is 0 Å². The lowest BCUT2D eigenvalue weighted by Crippen LogP contribution is -2.61. The molecule has 0 aliphatic carbocycles. The van der Waals surface area contributed by atoms with Crippen LogP contribution >= 0.6 is 0 Å². The summed E-state index contributed by atoms with van der Waals surface area (Å²) in [5.41, 5.74) is 5.49. The second-order valence-corrected chi connectivity index (χ2v) is 3.94. The van der Waals surface area contributed by atoms with Gasteiger partial charge >= 0.3 is 0 Å². The molecule has 4 nitrogen and oxygen atoms in total. The molecule has 0 aromatic carbocycles. The Morgan fingerprint density at radius 3 is 2.54 bits per heavy atom. The molecule has 2 rings (SSSR count). The highest BCUT2D eigenvalue weighted by Gasteiger charge is 2.33. The Kier molecular flexibility index (Phi) is 2.51. The van der Waals surface area contributed by atoms with Gasteiger partial charge in [0, 0.05) is 19.6 Å². The van der Waals surface area contributed by atoms with Gasteiger partial charge in [-0.1, -0.05) is 0 Å². The zero-order valence-corrected chi connectivity index (χ0v) is 7.91. The molecule has 2 aliphatic rings. The predicted molar refractivity (Wildman–Crippen MR) is 50.2 cm³/mol. The van der Waals surface area contributed by atoms with E-state index in [0.29, 0.717) is 0 Å². The third-order valence-electron chi connectivity index (χ3n) is 2.93. The van der Waals surface area contributed by atoms with Gasteiger partial charge in [-0.15, -0.1) is 0 Å². The van der Waals surface area contributed by atoms with Crippen LogP contribution in [-0.4, -0.2) is 54.5 Å². The molecular weight excluding hydrogens is 166 g/mol. The molecule has 4 heteroatoms. The topological polar surface area (TPSA) is 49.6 Å². The second kappa shape index (κ2) is 3.64. The maximum atomic E-state index is 11.1. The van der Waals surface area contributed by atoms with Crippen molar-refractivity contribution in [2.75, 3.05) is 32.7 Å². The summed E-state index contributed by atoms with van der Waals surface area (Å²) in [6.45, 7) is 5.06. The minimum atomic E-state index is -0.210. The Morgan fingerprint density at radius 2 is 2.00 bits per heavy atom. The monoisotopic (exact) mass is 183 g/mol. The van der Waals surface area contributed by atoms with Crippen molar-refractivity contribution in [1.29, 1.82) is 0 Å². The minimum absolute atomic E-state index is 0.124. The normalized spacial score (nSPS) is 29.5. The molecule has 0 aromatic heterocycles. The molecular formula is C9H17N3O. The van der Waals surface area contributed by atoms with E-state index in [0.717, 1.165) is 19.6 Å². The molecule has 1 atom stereocenters. The van der Waals surface area contributed by atoms with Crippen molar-refractivity contribution in [2.24, 2.45) is 5.73 Å². The van der Waals surface area contributed by atoms with E-state index in [2.05, 4.69) is 4.90 Å². The molecule has 0 saturated carbocycles. The SMILES string of the molecule is NC1CN(CCN2CCCC2)C1=O. The Bertz CT molecular complexity index is 201. The van der Waals surface area contributed by atoms with E-state index in [-0.39, 0.29) is 11.9 Å². The number of nitrogens with two attached hydrogens (primary N) is 1. The molecule has 1 amide bonds. The first kappa shape index (κ1) is 8.97. The maximum absolute atomic E-state index is 11.1. The minimum Gasteiger partial charge on any atom is -0.338 e. The van der Waals surface area contributed by atoms with Gasteiger partial charge in [0.25, 0.3) is 0 Å². The van der Waals surface area contributed by atoms with Gasteiger partial charge in [0.05, 0.1) is 0 Å². The van der Waals surface area contributed by atoms with Crippen LogP contribution < -0.4 is 5.73 Å². The average Bonchev–Trinajstić information content (AvgIpc) is 2.64. The summed E-state index contributed by atoms with van der Waals surface area (Å²) in [5.74, 6) is 0.124. The van der Waals surface area contributed by atoms with Gasteiger partial charge in [-0.3, -0.25) is 4.79 Å². The lowest BCUT2D eigenvalue weighted by Gasteiger charge is -2.37. The summed E-state index contributed by atoms with van der Waals surface area (Å²) in [7, 11) is 0. The van der Waals surface area contributed by atoms with Crippen LogP contribution in [0.3, 0.4) is 0 Å². The summed E-state index contributed by atoms with van der Waals surface area (Å²) in [5, 5.41) is 0. The van der Waals surface area contributed by atoms with Crippen LogP contribution in [0.5, 0.6) is 0 Å². The zero-order valence-electron chi connectivity index (χ0n) is 7.91. The number of likely N-dealkylation sites (tertiary alicyclic amines) is 2. The van der Waals surface area contributed by atoms with Crippen molar-refractivity contribution in [3.63, 3.8) is 0 Å². The highest BCUT2D eigenvalue weighted by atomic mass is 16.2. The summed E-state index contributed by atoms with van der Waals surface area (Å²) in [6.07, 6.45) is 2.63. The van der Waals surface area contributed by atoms with E-state index in [1.807, 2.05) is 4.90 Å². The second-order valence-electron chi connectivity index (χ2n) is 3.94. The van der Waals surface area contributed by atoms with Gasteiger partial charge in [0.15, 0.2) is 0 Å². The first-order valence-corrected chi connectivity index (χ1v) is 5.04. The van der Waals surface area contributed by atoms with Crippen LogP contribution in [0.4, 0.5) is 0 Å². The molecule has 0 aromatic rings. The van der Waals surface area contributed by atoms with E-state index in [4.69, 9.17) is 5.73 Å². The number of carbonyl (C=O) groups excluding carboxylic acids is 1. The number of carbonyl (C=O) groups is 1. The third kappa shape index (κ3) is 1.84. The van der Waals surface area contributed by atoms with E-state index in [1.165, 1.54) is 25.9 Å². The zero-order chi connectivity index (χ0) is 9.26. The Hall–Kier alpha value is -0.610. The summed E-state index contributed by atoms with van der Waals surface area (Å²) in [6, 6.07) is -0.210. The van der Waals surface area contributed by atoms with Crippen LogP contribution in [0.1, 0.15) is 12.8 Å². The first-order chi connectivity index (χ1) is 6.27. The van der Waals surface area contributed by atoms with Gasteiger partial charge in [-0.25, -0.2) is 0 Å². The Labute approximate surface area is 78.7 Å². The van der Waals surface area contributed by atoms with Gasteiger partial charge in [-0.05, 0) is 25.9 Å². The van der Waals surface area contributed by atoms with Crippen LogP contribution in [0.25, 0.3) is 0 Å². The molecule has 2 heterocycles. The number of hydrogen-bond donors (Lipinski definition) is 1. The van der Waals surface area contributed by atoms with Crippen molar-refractivity contribution in [1.82, 2.24) is 9.80 Å². The van der Waals surface area contributed by atoms with E-state index >= 15 is 0 Å². The van der Waals surface area contributed by atoms with Crippen molar-refractivity contribution >= 4 is 5.91 Å². The molecule has 2 fully saturated rings. The van der Waals surface area contributed by atoms with Crippen molar-refractivity contribution < 1.29 is 4.79 Å². The van der Waals surface area contributed by atoms with E-state index in [1.54, 1.807) is 0 Å². The standard InChI is InChI=1S/C9H17N3O/c10-8-7-12(9(8)13)6-5-11-3-1-2-4-11/h8H,1-7,10H2. The molecule has 1 unspecified atom stereocenters. The molecule has 2 saturated heterocycles. The quantitative estimate of drug-likeness (QED) is 0.586. The lowest BCUT2D eigenvalue weighted by atomic mass is 10.1. The van der Waals surface area contributed by atoms with Gasteiger partial charge in [-0.2, -0.15) is 0 Å². The van der Waals surface area contributed by atoms with E-state index < -0.39 is 0 Å². The van der Waals surface area contributed by atoms with Crippen LogP contribution in [0, 0.1) is 0 Å². The smallest absolute Gasteiger partial charge is 0.241 e. The average molecular weight is 183 g/mol. The van der Waals surface area contributed by atoms with Crippen molar-refractivity contribution in [3.05, 3.63) is 0 Å². The molecule has 13 heavy (non-hydrogen) atoms. The van der Waals surface area contributed by atoms with Crippen molar-refractivity contribution in [2.45, 2.75) is 18.9 Å². The molecule has 74 valence electrons. The van der Waals surface area contributed by atoms with E-state index in [9.17, 15) is 4.79 Å². The lowest BCUT2D eigenvalue weighted by molar-refractivity contribution is -0.142. The number of amides is 1. The molecule has 2 aliphatic heterocycles. The number of β-lactam (4-membered cyclic amide) rings is 1. The van der Waals surface area contributed by atoms with Gasteiger partial charge in [0.2, 0.25) is 5.91 Å². The molecule has 0 bridgehead atoms. The Morgan fingerprint density at radius 1 is 1.31 bits per heavy atom. The fraction of sp³-hybridized carbons (Fsp3) is 0.889. The highest BCUT2D eigenvalue weighted by Crippen LogP contribution is 2.10. The molecule has 2 N–H and O–H groups in total. The highest BCUT2D eigenvalue weighted by molar-refractivity contribution is 5.87. The molecule has 0 spiro atoms. The number of rotatable bonds is 3. The third-order valence-corrected chi connectivity index (χ3v) is 2.93. The summed E-state index contributed by atoms with van der Waals surface area (Å²) in [4.78, 5) is 15.4. The first-order valence-electron chi connectivity index (χ1n) is 5.04. The predicted octanol–water partition coefficient (Wildman–Crippen LogP) is -0.748.